The molecule has 0 unspecified atom stereocenters. The van der Waals surface area contributed by atoms with Gasteiger partial charge in [-0.25, -0.2) is 4.79 Å². The minimum Gasteiger partial charge on any atom is -0.477 e. The average Bonchev–Trinajstić information content (AvgIpc) is 2.41. The fourth-order valence-corrected chi connectivity index (χ4v) is 1.67. The van der Waals surface area contributed by atoms with Crippen molar-refractivity contribution in [2.75, 3.05) is 19.8 Å². The second-order valence-corrected chi connectivity index (χ2v) is 4.07. The Morgan fingerprint density at radius 1 is 1.43 bits per heavy atom. The van der Waals surface area contributed by atoms with Crippen LogP contribution in [0.3, 0.4) is 0 Å². The fraction of sp³-hybridized carbons (Fsp3) is 0.333. The van der Waals surface area contributed by atoms with Crippen LogP contribution in [0.15, 0.2) is 18.2 Å². The van der Waals surface area contributed by atoms with Gasteiger partial charge >= 0.3 is 5.97 Å². The zero-order chi connectivity index (χ0) is 15.8. The topological polar surface area (TPSA) is 145 Å². The molecule has 1 amide bonds. The molecule has 0 radical (unpaired) electrons. The molecule has 21 heavy (non-hydrogen) atoms. The molecule has 0 bridgehead atoms. The number of hydrogen-bond donors (Lipinski definition) is 3. The molecule has 4 N–H and O–H groups in total. The van der Waals surface area contributed by atoms with Crippen LogP contribution in [-0.4, -0.2) is 41.7 Å². The maximum Gasteiger partial charge on any atom is 0.343 e. The number of carbonyl (C=O) groups excluding carboxylic acids is 1. The standard InChI is InChI=1S/C12H15N3O6/c13-10(16)7-21-5-4-14-6-8-2-1-3-9(15(19)20)11(8)12(17)18/h1-3,14H,4-7H2,(H2,13,16)(H,17,18). The molecule has 0 heterocycles. The number of aromatic carboxylic acids is 1. The molecular weight excluding hydrogens is 282 g/mol. The summed E-state index contributed by atoms with van der Waals surface area (Å²) in [6.45, 7) is 0.484. The lowest BCUT2D eigenvalue weighted by molar-refractivity contribution is -0.385. The number of primary amides is 1. The second-order valence-electron chi connectivity index (χ2n) is 4.07. The van der Waals surface area contributed by atoms with Gasteiger partial charge in [0, 0.05) is 19.2 Å². The Hall–Kier alpha value is -2.52. The average molecular weight is 297 g/mol. The number of nitrogens with one attached hydrogen (secondary N) is 1. The van der Waals surface area contributed by atoms with Gasteiger partial charge in [0.1, 0.15) is 12.2 Å². The van der Waals surface area contributed by atoms with E-state index in [0.29, 0.717) is 12.1 Å². The van der Waals surface area contributed by atoms with Crippen molar-refractivity contribution in [3.63, 3.8) is 0 Å². The van der Waals surface area contributed by atoms with Crippen LogP contribution >= 0.6 is 0 Å². The zero-order valence-electron chi connectivity index (χ0n) is 11.1. The molecule has 0 atom stereocenters. The molecule has 0 aliphatic carbocycles. The van der Waals surface area contributed by atoms with E-state index < -0.39 is 22.5 Å². The van der Waals surface area contributed by atoms with Crippen molar-refractivity contribution >= 4 is 17.6 Å². The number of hydrogen-bond acceptors (Lipinski definition) is 6. The van der Waals surface area contributed by atoms with Crippen molar-refractivity contribution in [1.82, 2.24) is 5.32 Å². The zero-order valence-corrected chi connectivity index (χ0v) is 11.1. The van der Waals surface area contributed by atoms with Crippen molar-refractivity contribution in [2.45, 2.75) is 6.54 Å². The van der Waals surface area contributed by atoms with Crippen LogP contribution in [0.25, 0.3) is 0 Å². The minimum atomic E-state index is -1.36. The van der Waals surface area contributed by atoms with Gasteiger partial charge < -0.3 is 20.9 Å². The van der Waals surface area contributed by atoms with Gasteiger partial charge in [0.05, 0.1) is 11.5 Å². The minimum absolute atomic E-state index is 0.128. The first-order valence-corrected chi connectivity index (χ1v) is 5.99. The summed E-state index contributed by atoms with van der Waals surface area (Å²) in [6.07, 6.45) is 0. The fourth-order valence-electron chi connectivity index (χ4n) is 1.67. The van der Waals surface area contributed by atoms with E-state index in [1.807, 2.05) is 0 Å². The van der Waals surface area contributed by atoms with Crippen LogP contribution in [0, 0.1) is 10.1 Å². The number of amides is 1. The van der Waals surface area contributed by atoms with Crippen molar-refractivity contribution < 1.29 is 24.4 Å². The predicted molar refractivity (Wildman–Crippen MR) is 71.8 cm³/mol. The Morgan fingerprint density at radius 2 is 2.14 bits per heavy atom. The Balaban J connectivity index is 2.63. The highest BCUT2D eigenvalue weighted by Crippen LogP contribution is 2.22. The number of carbonyl (C=O) groups is 2. The van der Waals surface area contributed by atoms with Crippen LogP contribution in [-0.2, 0) is 16.1 Å². The van der Waals surface area contributed by atoms with E-state index in [9.17, 15) is 19.7 Å². The normalized spacial score (nSPS) is 10.3. The first kappa shape index (κ1) is 16.5. The molecular formula is C12H15N3O6. The number of benzene rings is 1. The van der Waals surface area contributed by atoms with Crippen LogP contribution in [0.4, 0.5) is 5.69 Å². The summed E-state index contributed by atoms with van der Waals surface area (Å²) in [5.74, 6) is -1.94. The van der Waals surface area contributed by atoms with E-state index in [4.69, 9.17) is 15.6 Å². The Bertz CT molecular complexity index is 546. The number of ether oxygens (including phenoxy) is 1. The molecule has 1 aromatic carbocycles. The molecule has 0 spiro atoms. The molecule has 1 rings (SSSR count). The first-order valence-electron chi connectivity index (χ1n) is 5.99. The summed E-state index contributed by atoms with van der Waals surface area (Å²) in [5, 5.41) is 22.8. The largest absolute Gasteiger partial charge is 0.477 e. The van der Waals surface area contributed by atoms with Gasteiger partial charge in [0.15, 0.2) is 0 Å². The number of nitrogens with two attached hydrogens (primary N) is 1. The Kier molecular flexibility index (Phi) is 6.24. The number of carboxylic acid groups (broad SMARTS) is 1. The Morgan fingerprint density at radius 3 is 2.71 bits per heavy atom. The summed E-state index contributed by atoms with van der Waals surface area (Å²) >= 11 is 0. The third-order valence-corrected chi connectivity index (χ3v) is 2.52. The molecule has 114 valence electrons. The summed E-state index contributed by atoms with van der Waals surface area (Å²) in [5.41, 5.74) is 4.39. The highest BCUT2D eigenvalue weighted by molar-refractivity contribution is 5.94. The maximum atomic E-state index is 11.1. The summed E-state index contributed by atoms with van der Waals surface area (Å²) < 4.78 is 4.91. The van der Waals surface area contributed by atoms with E-state index in [1.165, 1.54) is 12.1 Å². The number of rotatable bonds is 9. The van der Waals surface area contributed by atoms with E-state index in [-0.39, 0.29) is 25.3 Å². The monoisotopic (exact) mass is 297 g/mol. The lowest BCUT2D eigenvalue weighted by Gasteiger charge is -2.08. The summed E-state index contributed by atoms with van der Waals surface area (Å²) in [7, 11) is 0. The van der Waals surface area contributed by atoms with Crippen molar-refractivity contribution in [2.24, 2.45) is 5.73 Å². The van der Waals surface area contributed by atoms with Crippen LogP contribution in [0.5, 0.6) is 0 Å². The van der Waals surface area contributed by atoms with Gasteiger partial charge in [0.2, 0.25) is 5.91 Å². The van der Waals surface area contributed by atoms with Gasteiger partial charge in [-0.05, 0) is 5.56 Å². The summed E-state index contributed by atoms with van der Waals surface area (Å²) in [4.78, 5) is 31.7. The molecule has 1 aromatic rings. The smallest absolute Gasteiger partial charge is 0.343 e. The first-order chi connectivity index (χ1) is 9.93. The highest BCUT2D eigenvalue weighted by Gasteiger charge is 2.22. The molecule has 0 saturated heterocycles. The van der Waals surface area contributed by atoms with Crippen molar-refractivity contribution in [3.05, 3.63) is 39.4 Å². The second kappa shape index (κ2) is 7.92. The highest BCUT2D eigenvalue weighted by atomic mass is 16.6. The van der Waals surface area contributed by atoms with E-state index >= 15 is 0 Å². The molecule has 9 heteroatoms. The molecule has 9 nitrogen and oxygen atoms in total. The summed E-state index contributed by atoms with van der Waals surface area (Å²) in [6, 6.07) is 4.06. The van der Waals surface area contributed by atoms with E-state index in [0.717, 1.165) is 6.07 Å². The molecule has 0 aliphatic rings. The lowest BCUT2D eigenvalue weighted by atomic mass is 10.1. The van der Waals surface area contributed by atoms with Crippen LogP contribution < -0.4 is 11.1 Å². The number of carboxylic acids is 1. The van der Waals surface area contributed by atoms with Crippen molar-refractivity contribution in [1.29, 1.82) is 0 Å². The molecule has 0 aliphatic heterocycles. The van der Waals surface area contributed by atoms with E-state index in [2.05, 4.69) is 5.32 Å². The number of nitrogens with zero attached hydrogens (tertiary/aromatic N) is 1. The number of nitro benzene ring substituents is 1. The van der Waals surface area contributed by atoms with Crippen LogP contribution in [0.1, 0.15) is 15.9 Å². The lowest BCUT2D eigenvalue weighted by Crippen LogP contribution is -2.24. The predicted octanol–water partition coefficient (Wildman–Crippen LogP) is -0.115. The van der Waals surface area contributed by atoms with E-state index in [1.54, 1.807) is 0 Å². The van der Waals surface area contributed by atoms with Gasteiger partial charge in [0.25, 0.3) is 5.69 Å². The molecule has 0 fully saturated rings. The van der Waals surface area contributed by atoms with Gasteiger partial charge in [-0.1, -0.05) is 12.1 Å². The van der Waals surface area contributed by atoms with Gasteiger partial charge in [-0.3, -0.25) is 14.9 Å². The van der Waals surface area contributed by atoms with Crippen molar-refractivity contribution in [3.8, 4) is 0 Å². The third kappa shape index (κ3) is 5.16. The number of nitro groups is 1. The SMILES string of the molecule is NC(=O)COCCNCc1cccc([N+](=O)[O-])c1C(=O)O. The maximum absolute atomic E-state index is 11.1. The van der Waals surface area contributed by atoms with Crippen LogP contribution in [0.2, 0.25) is 0 Å². The Labute approximate surface area is 119 Å². The molecule has 0 aromatic heterocycles. The third-order valence-electron chi connectivity index (χ3n) is 2.52. The molecule has 0 saturated carbocycles. The van der Waals surface area contributed by atoms with Gasteiger partial charge in [-0.15, -0.1) is 0 Å². The van der Waals surface area contributed by atoms with Gasteiger partial charge in [-0.2, -0.15) is 0 Å². The quantitative estimate of drug-likeness (QED) is 0.327.